The van der Waals surface area contributed by atoms with Gasteiger partial charge in [-0.1, -0.05) is 23.2 Å². The highest BCUT2D eigenvalue weighted by molar-refractivity contribution is 6.42. The van der Waals surface area contributed by atoms with Crippen molar-refractivity contribution in [2.45, 2.75) is 0 Å². The molecule has 7 heteroatoms. The van der Waals surface area contributed by atoms with Crippen molar-refractivity contribution in [3.63, 3.8) is 0 Å². The third-order valence-electron chi connectivity index (χ3n) is 3.48. The summed E-state index contributed by atoms with van der Waals surface area (Å²) in [5.41, 5.74) is 2.87. The van der Waals surface area contributed by atoms with Gasteiger partial charge in [0.15, 0.2) is 0 Å². The molecule has 0 aliphatic rings. The lowest BCUT2D eigenvalue weighted by Gasteiger charge is -2.09. The molecule has 1 amide bonds. The van der Waals surface area contributed by atoms with Gasteiger partial charge in [-0.05, 0) is 48.5 Å². The van der Waals surface area contributed by atoms with E-state index in [1.807, 2.05) is 6.07 Å². The van der Waals surface area contributed by atoms with Crippen LogP contribution in [-0.4, -0.2) is 10.9 Å². The fourth-order valence-electron chi connectivity index (χ4n) is 2.20. The molecule has 0 bridgehead atoms. The van der Waals surface area contributed by atoms with Gasteiger partial charge in [-0.25, -0.2) is 0 Å². The molecule has 0 saturated heterocycles. The number of rotatable bonds is 4. The third kappa shape index (κ3) is 4.31. The van der Waals surface area contributed by atoms with Crippen molar-refractivity contribution in [1.29, 1.82) is 5.26 Å². The Morgan fingerprint density at radius 1 is 0.923 bits per heavy atom. The zero-order valence-electron chi connectivity index (χ0n) is 13.3. The number of anilines is 3. The molecule has 0 aliphatic carbocycles. The number of pyridine rings is 1. The van der Waals surface area contributed by atoms with Crippen LogP contribution in [0.2, 0.25) is 10.0 Å². The number of benzene rings is 2. The molecule has 5 nitrogen and oxygen atoms in total. The van der Waals surface area contributed by atoms with Crippen molar-refractivity contribution in [3.8, 4) is 6.07 Å². The van der Waals surface area contributed by atoms with Crippen molar-refractivity contribution in [2.75, 3.05) is 10.6 Å². The number of halogens is 2. The maximum absolute atomic E-state index is 12.4. The molecule has 0 radical (unpaired) electrons. The average Bonchev–Trinajstić information content (AvgIpc) is 2.65. The third-order valence-corrected chi connectivity index (χ3v) is 4.22. The minimum absolute atomic E-state index is 0.306. The van der Waals surface area contributed by atoms with Gasteiger partial charge >= 0.3 is 0 Å². The summed E-state index contributed by atoms with van der Waals surface area (Å²) in [5, 5.41) is 15.6. The summed E-state index contributed by atoms with van der Waals surface area (Å²) in [6, 6.07) is 15.5. The molecule has 2 aromatic carbocycles. The van der Waals surface area contributed by atoms with Gasteiger partial charge in [0.2, 0.25) is 0 Å². The first-order chi connectivity index (χ1) is 12.5. The van der Waals surface area contributed by atoms with Crippen LogP contribution in [0.25, 0.3) is 0 Å². The minimum Gasteiger partial charge on any atom is -0.354 e. The Kier molecular flexibility index (Phi) is 5.37. The molecule has 0 fully saturated rings. The normalized spacial score (nSPS) is 10.0. The van der Waals surface area contributed by atoms with E-state index in [2.05, 4.69) is 15.6 Å². The smallest absolute Gasteiger partial charge is 0.257 e. The number of hydrogen-bond acceptors (Lipinski definition) is 4. The highest BCUT2D eigenvalue weighted by Gasteiger charge is 2.08. The number of nitriles is 1. The molecule has 1 aromatic heterocycles. The summed E-state index contributed by atoms with van der Waals surface area (Å²) < 4.78 is 0. The Morgan fingerprint density at radius 3 is 2.35 bits per heavy atom. The van der Waals surface area contributed by atoms with Gasteiger partial charge in [0.05, 0.1) is 39.1 Å². The van der Waals surface area contributed by atoms with E-state index in [4.69, 9.17) is 28.5 Å². The van der Waals surface area contributed by atoms with Gasteiger partial charge in [-0.15, -0.1) is 0 Å². The lowest BCUT2D eigenvalue weighted by Crippen LogP contribution is -2.12. The van der Waals surface area contributed by atoms with Crippen molar-refractivity contribution in [2.24, 2.45) is 0 Å². The van der Waals surface area contributed by atoms with E-state index >= 15 is 0 Å². The van der Waals surface area contributed by atoms with Gasteiger partial charge in [0.25, 0.3) is 5.91 Å². The molecule has 26 heavy (non-hydrogen) atoms. The fraction of sp³-hybridized carbons (Fsp3) is 0. The van der Waals surface area contributed by atoms with E-state index in [-0.39, 0.29) is 5.91 Å². The van der Waals surface area contributed by atoms with Crippen molar-refractivity contribution >= 4 is 46.2 Å². The first-order valence-corrected chi connectivity index (χ1v) is 8.29. The van der Waals surface area contributed by atoms with Crippen LogP contribution in [0.3, 0.4) is 0 Å². The highest BCUT2D eigenvalue weighted by atomic mass is 35.5. The van der Waals surface area contributed by atoms with Crippen LogP contribution in [0, 0.1) is 11.3 Å². The Bertz CT molecular complexity index is 997. The SMILES string of the molecule is N#Cc1ccc(NC(=O)c2cncc(Nc3ccc(Cl)c(Cl)c3)c2)cc1. The monoisotopic (exact) mass is 382 g/mol. The van der Waals surface area contributed by atoms with Crippen LogP contribution in [0.5, 0.6) is 0 Å². The van der Waals surface area contributed by atoms with Gasteiger partial charge in [0.1, 0.15) is 0 Å². The second-order valence-corrected chi connectivity index (χ2v) is 6.17. The Hall–Kier alpha value is -3.07. The molecule has 3 rings (SSSR count). The second-order valence-electron chi connectivity index (χ2n) is 5.36. The van der Waals surface area contributed by atoms with E-state index in [1.54, 1.807) is 54.7 Å². The summed E-state index contributed by atoms with van der Waals surface area (Å²) in [7, 11) is 0. The van der Waals surface area contributed by atoms with E-state index < -0.39 is 0 Å². The lowest BCUT2D eigenvalue weighted by molar-refractivity contribution is 0.102. The molecular weight excluding hydrogens is 371 g/mol. The van der Waals surface area contributed by atoms with Crippen molar-refractivity contribution < 1.29 is 4.79 Å². The Labute approximate surface area is 160 Å². The first kappa shape index (κ1) is 17.7. The number of aromatic nitrogens is 1. The van der Waals surface area contributed by atoms with Gasteiger partial charge in [0, 0.05) is 17.6 Å². The maximum Gasteiger partial charge on any atom is 0.257 e. The highest BCUT2D eigenvalue weighted by Crippen LogP contribution is 2.27. The predicted molar refractivity (Wildman–Crippen MR) is 103 cm³/mol. The molecule has 0 atom stereocenters. The van der Waals surface area contributed by atoms with E-state index in [0.29, 0.717) is 32.5 Å². The van der Waals surface area contributed by atoms with E-state index in [9.17, 15) is 4.79 Å². The van der Waals surface area contributed by atoms with Gasteiger partial charge < -0.3 is 10.6 Å². The van der Waals surface area contributed by atoms with Crippen molar-refractivity contribution in [3.05, 3.63) is 82.1 Å². The molecular formula is C19H12Cl2N4O. The molecule has 3 aromatic rings. The number of hydrogen-bond donors (Lipinski definition) is 2. The number of carbonyl (C=O) groups is 1. The number of amides is 1. The summed E-state index contributed by atoms with van der Waals surface area (Å²) in [5.74, 6) is -0.306. The topological polar surface area (TPSA) is 77.8 Å². The summed E-state index contributed by atoms with van der Waals surface area (Å²) in [6.45, 7) is 0. The van der Waals surface area contributed by atoms with Crippen LogP contribution in [-0.2, 0) is 0 Å². The van der Waals surface area contributed by atoms with E-state index in [0.717, 1.165) is 5.69 Å². The fourth-order valence-corrected chi connectivity index (χ4v) is 2.50. The minimum atomic E-state index is -0.306. The number of nitrogens with one attached hydrogen (secondary N) is 2. The van der Waals surface area contributed by atoms with Crippen LogP contribution < -0.4 is 10.6 Å². The molecule has 0 aliphatic heterocycles. The maximum atomic E-state index is 12.4. The molecule has 2 N–H and O–H groups in total. The predicted octanol–water partition coefficient (Wildman–Crippen LogP) is 5.26. The standard InChI is InChI=1S/C19H12Cl2N4O/c20-17-6-5-15(8-18(17)21)24-16-7-13(10-23-11-16)19(26)25-14-3-1-12(9-22)2-4-14/h1-8,10-11,24H,(H,25,26). The van der Waals surface area contributed by atoms with E-state index in [1.165, 1.54) is 6.20 Å². The second kappa shape index (κ2) is 7.87. The lowest BCUT2D eigenvalue weighted by atomic mass is 10.2. The number of carbonyl (C=O) groups excluding carboxylic acids is 1. The summed E-state index contributed by atoms with van der Waals surface area (Å²) in [6.07, 6.45) is 3.07. The van der Waals surface area contributed by atoms with Crippen LogP contribution in [0.4, 0.5) is 17.1 Å². The van der Waals surface area contributed by atoms with Gasteiger partial charge in [-0.3, -0.25) is 9.78 Å². The first-order valence-electron chi connectivity index (χ1n) is 7.54. The average molecular weight is 383 g/mol. The molecule has 0 spiro atoms. The molecule has 128 valence electrons. The van der Waals surface area contributed by atoms with Gasteiger partial charge in [-0.2, -0.15) is 5.26 Å². The van der Waals surface area contributed by atoms with Crippen LogP contribution in [0.15, 0.2) is 60.9 Å². The quantitative estimate of drug-likeness (QED) is 0.645. The largest absolute Gasteiger partial charge is 0.354 e. The van der Waals surface area contributed by atoms with Crippen LogP contribution in [0.1, 0.15) is 15.9 Å². The molecule has 1 heterocycles. The zero-order valence-corrected chi connectivity index (χ0v) is 14.8. The number of nitrogens with zero attached hydrogens (tertiary/aromatic N) is 2. The summed E-state index contributed by atoms with van der Waals surface area (Å²) >= 11 is 11.9. The van der Waals surface area contributed by atoms with Crippen molar-refractivity contribution in [1.82, 2.24) is 4.98 Å². The van der Waals surface area contributed by atoms with Crippen LogP contribution >= 0.6 is 23.2 Å². The Balaban J connectivity index is 1.74. The molecule has 0 unspecified atom stereocenters. The molecule has 0 saturated carbocycles. The summed E-state index contributed by atoms with van der Waals surface area (Å²) in [4.78, 5) is 16.5. The zero-order chi connectivity index (χ0) is 18.5. The Morgan fingerprint density at radius 2 is 1.65 bits per heavy atom.